The Morgan fingerprint density at radius 3 is 2.41 bits per heavy atom. The molecule has 0 radical (unpaired) electrons. The van der Waals surface area contributed by atoms with E-state index < -0.39 is 0 Å². The zero-order valence-electron chi connectivity index (χ0n) is 18.1. The fraction of sp³-hybridized carbons (Fsp3) is 0.478. The molecule has 1 unspecified atom stereocenters. The van der Waals surface area contributed by atoms with Crippen LogP contribution in [0, 0.1) is 5.92 Å². The second kappa shape index (κ2) is 12.3. The van der Waals surface area contributed by atoms with Crippen molar-refractivity contribution < 1.29 is 4.79 Å². The van der Waals surface area contributed by atoms with Crippen molar-refractivity contribution in [2.75, 3.05) is 26.2 Å². The highest BCUT2D eigenvalue weighted by molar-refractivity contribution is 7.09. The van der Waals surface area contributed by atoms with Gasteiger partial charge in [0.05, 0.1) is 6.54 Å². The van der Waals surface area contributed by atoms with Gasteiger partial charge in [0.15, 0.2) is 5.96 Å². The van der Waals surface area contributed by atoms with Gasteiger partial charge in [0.1, 0.15) is 0 Å². The third kappa shape index (κ3) is 7.54. The summed E-state index contributed by atoms with van der Waals surface area (Å²) >= 11 is 1.81. The zero-order valence-corrected chi connectivity index (χ0v) is 18.9. The smallest absolute Gasteiger partial charge is 0.253 e. The quantitative estimate of drug-likeness (QED) is 0.453. The van der Waals surface area contributed by atoms with E-state index in [-0.39, 0.29) is 5.91 Å². The van der Waals surface area contributed by atoms with Crippen LogP contribution in [0.25, 0.3) is 0 Å². The van der Waals surface area contributed by atoms with E-state index >= 15 is 0 Å². The van der Waals surface area contributed by atoms with Gasteiger partial charge in [-0.1, -0.05) is 25.1 Å². The molecule has 0 saturated carbocycles. The predicted octanol–water partition coefficient (Wildman–Crippen LogP) is 4.16. The third-order valence-corrected chi connectivity index (χ3v) is 5.66. The molecule has 29 heavy (non-hydrogen) atoms. The number of benzene rings is 1. The van der Waals surface area contributed by atoms with Crippen LogP contribution in [-0.2, 0) is 13.0 Å². The number of nitrogens with zero attached hydrogens (tertiary/aromatic N) is 2. The highest BCUT2D eigenvalue weighted by Crippen LogP contribution is 2.14. The van der Waals surface area contributed by atoms with Crippen molar-refractivity contribution in [2.24, 2.45) is 10.9 Å². The van der Waals surface area contributed by atoms with Crippen molar-refractivity contribution in [1.82, 2.24) is 15.5 Å². The third-order valence-electron chi connectivity index (χ3n) is 4.76. The van der Waals surface area contributed by atoms with E-state index in [2.05, 4.69) is 42.0 Å². The molecule has 1 amide bonds. The van der Waals surface area contributed by atoms with Crippen LogP contribution in [0.5, 0.6) is 0 Å². The van der Waals surface area contributed by atoms with Crippen LogP contribution in [0.3, 0.4) is 0 Å². The highest BCUT2D eigenvalue weighted by atomic mass is 32.1. The molecule has 0 spiro atoms. The molecule has 1 atom stereocenters. The Kier molecular flexibility index (Phi) is 9.71. The van der Waals surface area contributed by atoms with Crippen molar-refractivity contribution in [3.63, 3.8) is 0 Å². The number of guanidine groups is 1. The van der Waals surface area contributed by atoms with Crippen molar-refractivity contribution in [3.8, 4) is 0 Å². The molecule has 0 saturated heterocycles. The van der Waals surface area contributed by atoms with Crippen LogP contribution in [0.2, 0.25) is 0 Å². The van der Waals surface area contributed by atoms with Gasteiger partial charge in [0, 0.05) is 36.6 Å². The molecule has 2 aromatic rings. The molecule has 1 heterocycles. The van der Waals surface area contributed by atoms with E-state index in [4.69, 9.17) is 4.99 Å². The number of aliphatic imine (C=N–C) groups is 1. The number of hydrogen-bond acceptors (Lipinski definition) is 3. The van der Waals surface area contributed by atoms with Gasteiger partial charge in [0.25, 0.3) is 5.91 Å². The van der Waals surface area contributed by atoms with E-state index in [0.717, 1.165) is 49.7 Å². The lowest BCUT2D eigenvalue weighted by molar-refractivity contribution is 0.0773. The summed E-state index contributed by atoms with van der Waals surface area (Å²) in [6.45, 7) is 12.1. The van der Waals surface area contributed by atoms with Crippen LogP contribution >= 0.6 is 11.3 Å². The van der Waals surface area contributed by atoms with Gasteiger partial charge in [-0.05, 0) is 62.3 Å². The summed E-state index contributed by atoms with van der Waals surface area (Å²) < 4.78 is 0. The van der Waals surface area contributed by atoms with Crippen molar-refractivity contribution in [3.05, 3.63) is 57.8 Å². The maximum Gasteiger partial charge on any atom is 0.253 e. The monoisotopic (exact) mass is 414 g/mol. The average Bonchev–Trinajstić information content (AvgIpc) is 3.24. The van der Waals surface area contributed by atoms with Crippen molar-refractivity contribution in [2.45, 2.75) is 40.7 Å². The maximum atomic E-state index is 12.4. The standard InChI is InChI=1S/C23H34N4OS/c1-5-24-23(25-16-18(4)15-21-9-8-14-29-21)26-17-19-10-12-20(13-11-19)22(28)27(6-2)7-3/h8-14,18H,5-7,15-17H2,1-4H3,(H2,24,25,26). The maximum absolute atomic E-state index is 12.4. The van der Waals surface area contributed by atoms with E-state index in [1.807, 2.05) is 54.3 Å². The molecule has 0 aliphatic heterocycles. The van der Waals surface area contributed by atoms with Crippen LogP contribution < -0.4 is 10.6 Å². The van der Waals surface area contributed by atoms with E-state index in [1.165, 1.54) is 4.88 Å². The van der Waals surface area contributed by atoms with Crippen LogP contribution in [-0.4, -0.2) is 42.9 Å². The number of nitrogens with one attached hydrogen (secondary N) is 2. The van der Waals surface area contributed by atoms with Gasteiger partial charge < -0.3 is 15.5 Å². The number of rotatable bonds is 10. The van der Waals surface area contributed by atoms with Crippen molar-refractivity contribution >= 4 is 23.2 Å². The average molecular weight is 415 g/mol. The van der Waals surface area contributed by atoms with E-state index in [0.29, 0.717) is 12.5 Å². The van der Waals surface area contributed by atoms with Crippen molar-refractivity contribution in [1.29, 1.82) is 0 Å². The molecule has 0 bridgehead atoms. The molecule has 0 aliphatic carbocycles. The summed E-state index contributed by atoms with van der Waals surface area (Å²) in [6, 6.07) is 12.1. The van der Waals surface area contributed by atoms with Gasteiger partial charge in [-0.2, -0.15) is 0 Å². The second-order valence-electron chi connectivity index (χ2n) is 7.14. The molecule has 0 aliphatic rings. The first-order chi connectivity index (χ1) is 14.1. The fourth-order valence-corrected chi connectivity index (χ4v) is 3.94. The molecule has 2 N–H and O–H groups in total. The minimum atomic E-state index is 0.0831. The van der Waals surface area contributed by atoms with Gasteiger partial charge >= 0.3 is 0 Å². The molecular weight excluding hydrogens is 380 g/mol. The fourth-order valence-electron chi connectivity index (χ4n) is 3.07. The lowest BCUT2D eigenvalue weighted by atomic mass is 10.1. The highest BCUT2D eigenvalue weighted by Gasteiger charge is 2.12. The van der Waals surface area contributed by atoms with E-state index in [9.17, 15) is 4.79 Å². The molecule has 0 fully saturated rings. The molecule has 1 aromatic carbocycles. The number of carbonyl (C=O) groups excluding carboxylic acids is 1. The number of amides is 1. The van der Waals surface area contributed by atoms with Gasteiger partial charge in [0.2, 0.25) is 0 Å². The number of hydrogen-bond donors (Lipinski definition) is 2. The second-order valence-corrected chi connectivity index (χ2v) is 8.17. The number of thiophene rings is 1. The zero-order chi connectivity index (χ0) is 21.1. The summed E-state index contributed by atoms with van der Waals surface area (Å²) in [7, 11) is 0. The Labute approximate surface area is 179 Å². The predicted molar refractivity (Wildman–Crippen MR) is 124 cm³/mol. The van der Waals surface area contributed by atoms with Gasteiger partial charge in [-0.25, -0.2) is 4.99 Å². The van der Waals surface area contributed by atoms with Crippen LogP contribution in [0.1, 0.15) is 48.5 Å². The Bertz CT molecular complexity index is 752. The summed E-state index contributed by atoms with van der Waals surface area (Å²) in [4.78, 5) is 20.4. The molecular formula is C23H34N4OS. The Morgan fingerprint density at radius 1 is 1.10 bits per heavy atom. The lowest BCUT2D eigenvalue weighted by Gasteiger charge is -2.18. The Balaban J connectivity index is 1.90. The summed E-state index contributed by atoms with van der Waals surface area (Å²) in [5, 5.41) is 8.88. The van der Waals surface area contributed by atoms with Gasteiger partial charge in [-0.3, -0.25) is 4.79 Å². The van der Waals surface area contributed by atoms with E-state index in [1.54, 1.807) is 0 Å². The largest absolute Gasteiger partial charge is 0.357 e. The minimum absolute atomic E-state index is 0.0831. The topological polar surface area (TPSA) is 56.7 Å². The minimum Gasteiger partial charge on any atom is -0.357 e. The molecule has 2 rings (SSSR count). The summed E-state index contributed by atoms with van der Waals surface area (Å²) in [6.07, 6.45) is 1.08. The first kappa shape index (κ1) is 22.9. The normalized spacial score (nSPS) is 12.5. The lowest BCUT2D eigenvalue weighted by Crippen LogP contribution is -2.39. The SMILES string of the molecule is CCNC(=NCc1ccc(C(=O)N(CC)CC)cc1)NCC(C)Cc1cccs1. The first-order valence-electron chi connectivity index (χ1n) is 10.5. The Morgan fingerprint density at radius 2 is 1.83 bits per heavy atom. The molecule has 1 aromatic heterocycles. The Hall–Kier alpha value is -2.34. The molecule has 5 nitrogen and oxygen atoms in total. The molecule has 6 heteroatoms. The number of carbonyl (C=O) groups is 1. The summed E-state index contributed by atoms with van der Waals surface area (Å²) in [5.74, 6) is 1.44. The van der Waals surface area contributed by atoms with Crippen LogP contribution in [0.15, 0.2) is 46.8 Å². The van der Waals surface area contributed by atoms with Gasteiger partial charge in [-0.15, -0.1) is 11.3 Å². The first-order valence-corrected chi connectivity index (χ1v) is 11.4. The summed E-state index contributed by atoms with van der Waals surface area (Å²) in [5.41, 5.74) is 1.82. The van der Waals surface area contributed by atoms with Crippen LogP contribution in [0.4, 0.5) is 0 Å². The molecule has 158 valence electrons.